The minimum atomic E-state index is -0.378. The first-order valence-corrected chi connectivity index (χ1v) is 11.8. The average Bonchev–Trinajstić information content (AvgIpc) is 3.22. The van der Waals surface area contributed by atoms with Crippen molar-refractivity contribution in [2.75, 3.05) is 44.3 Å². The molecule has 1 saturated heterocycles. The Morgan fingerprint density at radius 1 is 1.06 bits per heavy atom. The number of aromatic hydroxyl groups is 1. The van der Waals surface area contributed by atoms with E-state index in [0.717, 1.165) is 41.6 Å². The van der Waals surface area contributed by atoms with Gasteiger partial charge in [0.2, 0.25) is 5.95 Å². The maximum atomic E-state index is 13.0. The molecule has 2 aromatic heterocycles. The van der Waals surface area contributed by atoms with E-state index in [9.17, 15) is 14.7 Å². The molecule has 0 amide bonds. The number of aromatic nitrogens is 4. The molecule has 10 nitrogen and oxygen atoms in total. The van der Waals surface area contributed by atoms with Gasteiger partial charge in [0.15, 0.2) is 11.2 Å². The molecule has 0 radical (unpaired) electrons. The van der Waals surface area contributed by atoms with Crippen molar-refractivity contribution in [3.63, 3.8) is 0 Å². The number of imidazole rings is 1. The first-order chi connectivity index (χ1) is 16.3. The minimum Gasteiger partial charge on any atom is -0.507 e. The quantitative estimate of drug-likeness (QED) is 0.470. The predicted octanol–water partition coefficient (Wildman–Crippen LogP) is 0.815. The Balaban J connectivity index is 1.47. The van der Waals surface area contributed by atoms with Crippen molar-refractivity contribution in [2.45, 2.75) is 33.2 Å². The van der Waals surface area contributed by atoms with Gasteiger partial charge in [0.1, 0.15) is 5.75 Å². The van der Waals surface area contributed by atoms with Crippen LogP contribution in [0.25, 0.3) is 11.2 Å². The van der Waals surface area contributed by atoms with Gasteiger partial charge in [-0.2, -0.15) is 4.98 Å². The maximum Gasteiger partial charge on any atom is 0.332 e. The summed E-state index contributed by atoms with van der Waals surface area (Å²) in [7, 11) is 3.16. The Labute approximate surface area is 198 Å². The lowest BCUT2D eigenvalue weighted by molar-refractivity contribution is 0.121. The summed E-state index contributed by atoms with van der Waals surface area (Å²) in [5, 5.41) is 13.4. The molecule has 1 aromatic carbocycles. The maximum absolute atomic E-state index is 13.0. The molecule has 0 aliphatic carbocycles. The molecular weight excluding hydrogens is 436 g/mol. The van der Waals surface area contributed by atoms with Crippen LogP contribution < -0.4 is 21.5 Å². The monoisotopic (exact) mass is 470 g/mol. The number of fused-ring (bicyclic) bond motifs is 1. The van der Waals surface area contributed by atoms with Gasteiger partial charge in [0, 0.05) is 33.7 Å². The lowest BCUT2D eigenvalue weighted by Crippen LogP contribution is -2.39. The Morgan fingerprint density at radius 3 is 2.41 bits per heavy atom. The molecule has 4 rings (SSSR count). The smallest absolute Gasteiger partial charge is 0.332 e. The Morgan fingerprint density at radius 2 is 1.74 bits per heavy atom. The third-order valence-electron chi connectivity index (χ3n) is 6.50. The van der Waals surface area contributed by atoms with E-state index < -0.39 is 0 Å². The molecule has 0 bridgehead atoms. The SMILES string of the molecule is Cc1cc(CCNCCCn2c(N3CCOCC3)nc3c2c(=O)n(C)c(=O)n3C)cc(C)c1O. The molecule has 0 atom stereocenters. The van der Waals surface area contributed by atoms with E-state index in [4.69, 9.17) is 9.72 Å². The topological polar surface area (TPSA) is 107 Å². The zero-order chi connectivity index (χ0) is 24.4. The first-order valence-electron chi connectivity index (χ1n) is 11.8. The number of hydrogen-bond donors (Lipinski definition) is 2. The van der Waals surface area contributed by atoms with Gasteiger partial charge >= 0.3 is 5.69 Å². The normalized spacial score (nSPS) is 14.3. The highest BCUT2D eigenvalue weighted by molar-refractivity contribution is 5.74. The molecule has 1 aliphatic heterocycles. The molecule has 0 saturated carbocycles. The van der Waals surface area contributed by atoms with Gasteiger partial charge in [-0.05, 0) is 56.5 Å². The fourth-order valence-corrected chi connectivity index (χ4v) is 4.56. The van der Waals surface area contributed by atoms with Crippen LogP contribution in [0.15, 0.2) is 21.7 Å². The van der Waals surface area contributed by atoms with Crippen molar-refractivity contribution >= 4 is 17.1 Å². The van der Waals surface area contributed by atoms with E-state index in [2.05, 4.69) is 10.2 Å². The van der Waals surface area contributed by atoms with E-state index in [-0.39, 0.29) is 11.2 Å². The summed E-state index contributed by atoms with van der Waals surface area (Å²) in [6.45, 7) is 8.66. The summed E-state index contributed by atoms with van der Waals surface area (Å²) in [6, 6.07) is 4.05. The van der Waals surface area contributed by atoms with Crippen molar-refractivity contribution < 1.29 is 9.84 Å². The van der Waals surface area contributed by atoms with Gasteiger partial charge in [-0.3, -0.25) is 13.9 Å². The number of anilines is 1. The lowest BCUT2D eigenvalue weighted by Gasteiger charge is -2.28. The van der Waals surface area contributed by atoms with Crippen LogP contribution in [-0.4, -0.2) is 63.2 Å². The number of phenols is 1. The van der Waals surface area contributed by atoms with Crippen LogP contribution >= 0.6 is 0 Å². The van der Waals surface area contributed by atoms with Crippen LogP contribution in [-0.2, 0) is 31.8 Å². The molecule has 0 spiro atoms. The molecule has 3 aromatic rings. The fraction of sp³-hybridized carbons (Fsp3) is 0.542. The van der Waals surface area contributed by atoms with Gasteiger partial charge in [0.05, 0.1) is 13.2 Å². The van der Waals surface area contributed by atoms with Gasteiger partial charge in [-0.1, -0.05) is 12.1 Å². The van der Waals surface area contributed by atoms with Crippen molar-refractivity contribution in [3.8, 4) is 5.75 Å². The van der Waals surface area contributed by atoms with E-state index in [0.29, 0.717) is 55.7 Å². The lowest BCUT2D eigenvalue weighted by atomic mass is 10.0. The molecular formula is C24H34N6O4. The average molecular weight is 471 g/mol. The third-order valence-corrected chi connectivity index (χ3v) is 6.50. The number of benzene rings is 1. The van der Waals surface area contributed by atoms with E-state index >= 15 is 0 Å². The number of nitrogens with zero attached hydrogens (tertiary/aromatic N) is 5. The molecule has 1 fully saturated rings. The standard InChI is InChI=1S/C24H34N6O4/c1-16-14-18(15-17(2)20(16)31)6-8-25-7-5-9-30-19-21(27(3)24(33)28(4)22(19)32)26-23(30)29-10-12-34-13-11-29/h14-15,25,31H,5-13H2,1-4H3. The van der Waals surface area contributed by atoms with Crippen LogP contribution in [0.4, 0.5) is 5.95 Å². The third kappa shape index (κ3) is 4.60. The summed E-state index contributed by atoms with van der Waals surface area (Å²) in [5.41, 5.74) is 3.16. The number of phenolic OH excluding ortho intramolecular Hbond substituents is 1. The van der Waals surface area contributed by atoms with E-state index in [1.165, 1.54) is 17.2 Å². The molecule has 0 unspecified atom stereocenters. The van der Waals surface area contributed by atoms with Crippen LogP contribution in [0.3, 0.4) is 0 Å². The molecule has 3 heterocycles. The summed E-state index contributed by atoms with van der Waals surface area (Å²) < 4.78 is 10.0. The van der Waals surface area contributed by atoms with Gasteiger partial charge in [-0.25, -0.2) is 4.79 Å². The largest absolute Gasteiger partial charge is 0.507 e. The summed E-state index contributed by atoms with van der Waals surface area (Å²) in [6.07, 6.45) is 1.68. The van der Waals surface area contributed by atoms with Gasteiger partial charge < -0.3 is 24.6 Å². The van der Waals surface area contributed by atoms with Crippen LogP contribution in [0.1, 0.15) is 23.1 Å². The number of aryl methyl sites for hydroxylation is 4. The number of morpholine rings is 1. The fourth-order valence-electron chi connectivity index (χ4n) is 4.56. The molecule has 34 heavy (non-hydrogen) atoms. The Bertz CT molecular complexity index is 1280. The van der Waals surface area contributed by atoms with Crippen LogP contribution in [0.5, 0.6) is 5.75 Å². The van der Waals surface area contributed by atoms with E-state index in [1.807, 2.05) is 30.5 Å². The second kappa shape index (κ2) is 10.0. The second-order valence-corrected chi connectivity index (χ2v) is 8.97. The number of nitrogens with one attached hydrogen (secondary N) is 1. The molecule has 184 valence electrons. The van der Waals surface area contributed by atoms with E-state index in [1.54, 1.807) is 7.05 Å². The van der Waals surface area contributed by atoms with Crippen molar-refractivity contribution in [1.29, 1.82) is 0 Å². The number of rotatable bonds is 8. The zero-order valence-electron chi connectivity index (χ0n) is 20.4. The van der Waals surface area contributed by atoms with Crippen molar-refractivity contribution in [3.05, 3.63) is 49.7 Å². The summed E-state index contributed by atoms with van der Waals surface area (Å²) >= 11 is 0. The van der Waals surface area contributed by atoms with Crippen LogP contribution in [0, 0.1) is 13.8 Å². The molecule has 10 heteroatoms. The highest BCUT2D eigenvalue weighted by atomic mass is 16.5. The van der Waals surface area contributed by atoms with Crippen molar-refractivity contribution in [1.82, 2.24) is 24.0 Å². The van der Waals surface area contributed by atoms with Gasteiger partial charge in [-0.15, -0.1) is 0 Å². The van der Waals surface area contributed by atoms with Crippen molar-refractivity contribution in [2.24, 2.45) is 14.1 Å². The van der Waals surface area contributed by atoms with Gasteiger partial charge in [0.25, 0.3) is 5.56 Å². The number of hydrogen-bond acceptors (Lipinski definition) is 7. The Hall–Kier alpha value is -3.11. The summed E-state index contributed by atoms with van der Waals surface area (Å²) in [5.74, 6) is 1.08. The zero-order valence-corrected chi connectivity index (χ0v) is 20.4. The van der Waals surface area contributed by atoms with Crippen LogP contribution in [0.2, 0.25) is 0 Å². The second-order valence-electron chi connectivity index (χ2n) is 8.97. The summed E-state index contributed by atoms with van der Waals surface area (Å²) in [4.78, 5) is 32.3. The highest BCUT2D eigenvalue weighted by Gasteiger charge is 2.23. The number of ether oxygens (including phenoxy) is 1. The molecule has 2 N–H and O–H groups in total. The minimum absolute atomic E-state index is 0.323. The predicted molar refractivity (Wildman–Crippen MR) is 132 cm³/mol. The molecule has 1 aliphatic rings. The highest BCUT2D eigenvalue weighted by Crippen LogP contribution is 2.23. The first kappa shape index (κ1) is 24.0. The Kier molecular flexibility index (Phi) is 7.08.